The van der Waals surface area contributed by atoms with Crippen LogP contribution in [0.25, 0.3) is 0 Å². The molecule has 30 heavy (non-hydrogen) atoms. The summed E-state index contributed by atoms with van der Waals surface area (Å²) in [5.74, 6) is 0.558. The van der Waals surface area contributed by atoms with E-state index < -0.39 is 10.1 Å². The van der Waals surface area contributed by atoms with Gasteiger partial charge in [-0.1, -0.05) is 0 Å². The molecule has 0 radical (unpaired) electrons. The summed E-state index contributed by atoms with van der Waals surface area (Å²) in [6, 6.07) is 5.48. The van der Waals surface area contributed by atoms with E-state index in [0.29, 0.717) is 11.6 Å². The van der Waals surface area contributed by atoms with Crippen LogP contribution in [-0.2, 0) is 10.1 Å². The number of hydrogen-bond donors (Lipinski definition) is 3. The maximum atomic E-state index is 11.0. The molecular weight excluding hydrogens is 439 g/mol. The first kappa shape index (κ1) is 25.3. The van der Waals surface area contributed by atoms with E-state index in [-0.39, 0.29) is 62.8 Å². The Morgan fingerprint density at radius 2 is 1.57 bits per heavy atom. The monoisotopic (exact) mass is 462 g/mol. The zero-order valence-electron chi connectivity index (χ0n) is 17.7. The Hall–Kier alpha value is -1.01. The molecule has 3 rings (SSSR count). The second-order valence-electron chi connectivity index (χ2n) is 8.50. The van der Waals surface area contributed by atoms with Crippen LogP contribution < -0.4 is 45.5 Å². The van der Waals surface area contributed by atoms with Crippen molar-refractivity contribution in [1.82, 2.24) is 20.3 Å². The quantitative estimate of drug-likeness (QED) is 0.411. The van der Waals surface area contributed by atoms with E-state index >= 15 is 0 Å². The predicted molar refractivity (Wildman–Crippen MR) is 110 cm³/mol. The van der Waals surface area contributed by atoms with Crippen molar-refractivity contribution in [2.45, 2.75) is 62.6 Å². The van der Waals surface area contributed by atoms with Crippen molar-refractivity contribution in [3.63, 3.8) is 0 Å². The van der Waals surface area contributed by atoms with Gasteiger partial charge in [-0.15, -0.1) is 0 Å². The van der Waals surface area contributed by atoms with Crippen molar-refractivity contribution in [2.24, 2.45) is 0 Å². The molecule has 0 amide bonds. The van der Waals surface area contributed by atoms with Gasteiger partial charge in [0.05, 0.1) is 4.90 Å². The summed E-state index contributed by atoms with van der Waals surface area (Å²) in [6.45, 7) is 8.62. The normalized spacial score (nSPS) is 18.3. The van der Waals surface area contributed by atoms with Crippen molar-refractivity contribution in [3.8, 4) is 0 Å². The van der Waals surface area contributed by atoms with Gasteiger partial charge >= 0.3 is 29.6 Å². The number of hydrogen-bond acceptors (Lipinski definition) is 9. The molecule has 1 aromatic carbocycles. The molecule has 0 atom stereocenters. The number of aromatic nitrogens is 3. The van der Waals surface area contributed by atoms with Gasteiger partial charge < -0.3 is 20.5 Å². The summed E-state index contributed by atoms with van der Waals surface area (Å²) in [5, 5.41) is 9.92. The number of rotatable bonds is 5. The number of halogens is 1. The zero-order valence-corrected chi connectivity index (χ0v) is 21.2. The van der Waals surface area contributed by atoms with Crippen molar-refractivity contribution in [3.05, 3.63) is 29.5 Å². The SMILES string of the molecule is CC1(C)CC(Nc2nc(Cl)nc(Nc3ccc(S(=O)(=O)[O-])cc3)n2)CC(C)(C)N1.[Na+]. The van der Waals surface area contributed by atoms with Gasteiger partial charge in [0.25, 0.3) is 0 Å². The Labute approximate surface area is 203 Å². The number of anilines is 3. The summed E-state index contributed by atoms with van der Waals surface area (Å²) in [5.41, 5.74) is 0.428. The van der Waals surface area contributed by atoms with Crippen LogP contribution in [0.3, 0.4) is 0 Å². The van der Waals surface area contributed by atoms with Crippen molar-refractivity contribution in [1.29, 1.82) is 0 Å². The van der Waals surface area contributed by atoms with Gasteiger partial charge in [0.1, 0.15) is 10.1 Å². The maximum Gasteiger partial charge on any atom is 1.00 e. The average molecular weight is 463 g/mol. The first-order valence-corrected chi connectivity index (χ1v) is 10.9. The second kappa shape index (κ2) is 9.23. The van der Waals surface area contributed by atoms with E-state index in [4.69, 9.17) is 11.6 Å². The van der Waals surface area contributed by atoms with Crippen LogP contribution in [0.15, 0.2) is 29.2 Å². The fourth-order valence-corrected chi connectivity index (χ4v) is 4.54. The van der Waals surface area contributed by atoms with Gasteiger partial charge in [-0.05, 0) is 76.4 Å². The molecule has 2 aromatic rings. The van der Waals surface area contributed by atoms with Crippen LogP contribution in [-0.4, -0.2) is 45.0 Å². The van der Waals surface area contributed by atoms with E-state index in [1.807, 2.05) is 0 Å². The molecule has 0 spiro atoms. The smallest absolute Gasteiger partial charge is 0.744 e. The first-order chi connectivity index (χ1) is 13.3. The molecule has 0 aliphatic carbocycles. The predicted octanol–water partition coefficient (Wildman–Crippen LogP) is -0.102. The minimum atomic E-state index is -4.50. The standard InChI is InChI=1S/C18H25ClN6O3S.Na/c1-17(2)9-12(10-18(3,4)25-17)21-16-23-14(19)22-15(24-16)20-11-5-7-13(8-6-11)29(26,27)28;/h5-8,12,25H,9-10H2,1-4H3,(H,26,27,28)(H2,20,21,22,23,24);/q;+1/p-1. The minimum absolute atomic E-state index is 0. The average Bonchev–Trinajstić information content (AvgIpc) is 2.50. The Morgan fingerprint density at radius 3 is 2.10 bits per heavy atom. The summed E-state index contributed by atoms with van der Waals surface area (Å²) in [7, 11) is -4.50. The van der Waals surface area contributed by atoms with Crippen molar-refractivity contribution in [2.75, 3.05) is 10.6 Å². The number of nitrogens with one attached hydrogen (secondary N) is 3. The van der Waals surface area contributed by atoms with Crippen molar-refractivity contribution < 1.29 is 42.5 Å². The first-order valence-electron chi connectivity index (χ1n) is 9.12. The minimum Gasteiger partial charge on any atom is -0.744 e. The van der Waals surface area contributed by atoms with E-state index in [9.17, 15) is 13.0 Å². The molecule has 3 N–H and O–H groups in total. The molecule has 2 heterocycles. The van der Waals surface area contributed by atoms with E-state index in [2.05, 4.69) is 58.6 Å². The summed E-state index contributed by atoms with van der Waals surface area (Å²) < 4.78 is 33.1. The van der Waals surface area contributed by atoms with E-state index in [1.165, 1.54) is 24.3 Å². The van der Waals surface area contributed by atoms with E-state index in [0.717, 1.165) is 12.8 Å². The fraction of sp³-hybridized carbons (Fsp3) is 0.500. The summed E-state index contributed by atoms with van der Waals surface area (Å²) in [4.78, 5) is 12.3. The molecule has 1 saturated heterocycles. The Kier molecular flexibility index (Phi) is 7.77. The Balaban J connectivity index is 0.00000320. The molecule has 0 unspecified atom stereocenters. The summed E-state index contributed by atoms with van der Waals surface area (Å²) in [6.07, 6.45) is 1.77. The van der Waals surface area contributed by atoms with Crippen LogP contribution in [0.5, 0.6) is 0 Å². The molecular formula is C18H24ClN6NaO3S. The molecule has 12 heteroatoms. The van der Waals surface area contributed by atoms with Gasteiger partial charge in [-0.2, -0.15) is 15.0 Å². The van der Waals surface area contributed by atoms with Gasteiger partial charge in [0, 0.05) is 22.8 Å². The Morgan fingerprint density at radius 1 is 1.03 bits per heavy atom. The zero-order chi connectivity index (χ0) is 21.4. The number of piperidine rings is 1. The van der Waals surface area contributed by atoms with Crippen LogP contribution in [0, 0.1) is 0 Å². The molecule has 1 aromatic heterocycles. The molecule has 1 aliphatic heterocycles. The Bertz CT molecular complexity index is 985. The van der Waals surface area contributed by atoms with E-state index in [1.54, 1.807) is 0 Å². The molecule has 0 bridgehead atoms. The van der Waals surface area contributed by atoms with Crippen LogP contribution in [0.4, 0.5) is 17.6 Å². The van der Waals surface area contributed by atoms with Gasteiger partial charge in [-0.3, -0.25) is 0 Å². The third-order valence-electron chi connectivity index (χ3n) is 4.53. The fourth-order valence-electron chi connectivity index (χ4n) is 3.91. The largest absolute Gasteiger partial charge is 1.00 e. The number of benzene rings is 1. The van der Waals surface area contributed by atoms with Gasteiger partial charge in [-0.25, -0.2) is 8.42 Å². The summed E-state index contributed by atoms with van der Waals surface area (Å²) >= 11 is 6.06. The molecule has 1 fully saturated rings. The van der Waals surface area contributed by atoms with Crippen molar-refractivity contribution >= 4 is 39.3 Å². The van der Waals surface area contributed by atoms with Crippen LogP contribution in [0.2, 0.25) is 5.28 Å². The molecule has 1 aliphatic rings. The molecule has 9 nitrogen and oxygen atoms in total. The van der Waals surface area contributed by atoms with Crippen LogP contribution >= 0.6 is 11.6 Å². The topological polar surface area (TPSA) is 132 Å². The second-order valence-corrected chi connectivity index (χ2v) is 10.2. The third-order valence-corrected chi connectivity index (χ3v) is 5.55. The van der Waals surface area contributed by atoms with Gasteiger partial charge in [0.15, 0.2) is 0 Å². The third kappa shape index (κ3) is 7.01. The van der Waals surface area contributed by atoms with Gasteiger partial charge in [0.2, 0.25) is 17.2 Å². The number of nitrogens with zero attached hydrogens (tertiary/aromatic N) is 3. The molecule has 0 saturated carbocycles. The maximum absolute atomic E-state index is 11.0. The van der Waals surface area contributed by atoms with Crippen LogP contribution in [0.1, 0.15) is 40.5 Å². The molecule has 158 valence electrons.